The van der Waals surface area contributed by atoms with Gasteiger partial charge in [0, 0.05) is 13.0 Å². The minimum Gasteiger partial charge on any atom is -0.396 e. The Hall–Kier alpha value is -0.0200. The molecule has 0 rings (SSSR count). The first-order valence-electron chi connectivity index (χ1n) is 3.57. The predicted octanol–water partition coefficient (Wildman–Crippen LogP) is 1.43. The van der Waals surface area contributed by atoms with Crippen LogP contribution in [-0.4, -0.2) is 22.6 Å². The van der Waals surface area contributed by atoms with Crippen LogP contribution < -0.4 is 0 Å². The molecule has 0 aromatic rings. The molecule has 0 aliphatic carbocycles. The molecule has 0 fully saturated rings. The number of hydrogen-bond donors (Lipinski definition) is 1. The largest absolute Gasteiger partial charge is 0.396 e. The first kappa shape index (κ1) is 9.98. The van der Waals surface area contributed by atoms with Crippen molar-refractivity contribution in [2.45, 2.75) is 26.2 Å². The number of aliphatic hydroxyl groups is 1. The van der Waals surface area contributed by atoms with E-state index in [9.17, 15) is 4.79 Å². The number of unbranched alkanes of at least 4 members (excludes halogenated alkanes) is 1. The van der Waals surface area contributed by atoms with Crippen molar-refractivity contribution in [3.05, 3.63) is 0 Å². The van der Waals surface area contributed by atoms with E-state index in [-0.39, 0.29) is 11.7 Å². The lowest BCUT2D eigenvalue weighted by atomic mass is 10.3. The first-order chi connectivity index (χ1) is 4.81. The molecular formula is C7H14O2S. The Labute approximate surface area is 66.0 Å². The van der Waals surface area contributed by atoms with Gasteiger partial charge >= 0.3 is 0 Å². The summed E-state index contributed by atoms with van der Waals surface area (Å²) >= 11 is 1.36. The Morgan fingerprint density at radius 3 is 2.70 bits per heavy atom. The summed E-state index contributed by atoms with van der Waals surface area (Å²) in [5, 5.41) is 8.64. The van der Waals surface area contributed by atoms with Crippen molar-refractivity contribution >= 4 is 16.9 Å². The highest BCUT2D eigenvalue weighted by atomic mass is 32.2. The number of thioether (sulfide) groups is 1. The fraction of sp³-hybridized carbons (Fsp3) is 0.857. The monoisotopic (exact) mass is 162 g/mol. The summed E-state index contributed by atoms with van der Waals surface area (Å²) in [6, 6.07) is 0. The maximum Gasteiger partial charge on any atom is 0.188 e. The van der Waals surface area contributed by atoms with E-state index in [1.165, 1.54) is 11.8 Å². The zero-order chi connectivity index (χ0) is 7.82. The van der Waals surface area contributed by atoms with Gasteiger partial charge in [-0.25, -0.2) is 0 Å². The van der Waals surface area contributed by atoms with Gasteiger partial charge in [0.05, 0.1) is 0 Å². The topological polar surface area (TPSA) is 37.3 Å². The summed E-state index contributed by atoms with van der Waals surface area (Å²) in [4.78, 5) is 10.8. The van der Waals surface area contributed by atoms with Gasteiger partial charge in [-0.1, -0.05) is 18.7 Å². The van der Waals surface area contributed by atoms with Crippen LogP contribution in [0.25, 0.3) is 0 Å². The molecule has 0 spiro atoms. The molecule has 0 bridgehead atoms. The van der Waals surface area contributed by atoms with Crippen LogP contribution in [0.2, 0.25) is 0 Å². The predicted molar refractivity (Wildman–Crippen MR) is 44.1 cm³/mol. The minimum absolute atomic E-state index is 0.198. The van der Waals surface area contributed by atoms with Gasteiger partial charge in [0.15, 0.2) is 5.12 Å². The molecule has 10 heavy (non-hydrogen) atoms. The second-order valence-corrected chi connectivity index (χ2v) is 3.31. The third-order valence-electron chi connectivity index (χ3n) is 1.09. The van der Waals surface area contributed by atoms with E-state index in [0.29, 0.717) is 6.42 Å². The average molecular weight is 162 g/mol. The molecule has 0 radical (unpaired) electrons. The van der Waals surface area contributed by atoms with Crippen LogP contribution in [0.1, 0.15) is 26.2 Å². The van der Waals surface area contributed by atoms with Crippen LogP contribution in [0.3, 0.4) is 0 Å². The number of carbonyl (C=O) groups excluding carboxylic acids is 1. The molecular weight excluding hydrogens is 148 g/mol. The van der Waals surface area contributed by atoms with Crippen molar-refractivity contribution < 1.29 is 9.90 Å². The molecule has 0 saturated heterocycles. The molecule has 0 aliphatic rings. The van der Waals surface area contributed by atoms with E-state index < -0.39 is 0 Å². The standard InChI is InChI=1S/C7H14O2S/c1-2-10-7(9)5-3-4-6-8/h8H,2-6H2,1H3. The quantitative estimate of drug-likeness (QED) is 0.621. The van der Waals surface area contributed by atoms with Gasteiger partial charge in [0.1, 0.15) is 0 Å². The first-order valence-corrected chi connectivity index (χ1v) is 4.56. The van der Waals surface area contributed by atoms with Crippen molar-refractivity contribution in [3.8, 4) is 0 Å². The van der Waals surface area contributed by atoms with Crippen LogP contribution >= 0.6 is 11.8 Å². The Morgan fingerprint density at radius 2 is 2.20 bits per heavy atom. The van der Waals surface area contributed by atoms with Gasteiger partial charge in [0.25, 0.3) is 0 Å². The third kappa shape index (κ3) is 6.11. The van der Waals surface area contributed by atoms with Crippen LogP contribution in [-0.2, 0) is 4.79 Å². The molecule has 0 aromatic heterocycles. The van der Waals surface area contributed by atoms with Gasteiger partial charge in [0.2, 0.25) is 0 Å². The molecule has 2 nitrogen and oxygen atoms in total. The Morgan fingerprint density at radius 1 is 1.50 bits per heavy atom. The van der Waals surface area contributed by atoms with Gasteiger partial charge < -0.3 is 5.11 Å². The lowest BCUT2D eigenvalue weighted by molar-refractivity contribution is -0.111. The second kappa shape index (κ2) is 7.09. The third-order valence-corrected chi connectivity index (χ3v) is 1.91. The molecule has 1 N–H and O–H groups in total. The average Bonchev–Trinajstić information content (AvgIpc) is 1.89. The zero-order valence-electron chi connectivity index (χ0n) is 6.30. The van der Waals surface area contributed by atoms with E-state index in [1.54, 1.807) is 0 Å². The number of aliphatic hydroxyl groups excluding tert-OH is 1. The summed E-state index contributed by atoms with van der Waals surface area (Å²) in [6.07, 6.45) is 2.18. The highest BCUT2D eigenvalue weighted by Crippen LogP contribution is 2.07. The Balaban J connectivity index is 3.05. The van der Waals surface area contributed by atoms with Crippen molar-refractivity contribution in [2.75, 3.05) is 12.4 Å². The molecule has 60 valence electrons. The van der Waals surface area contributed by atoms with E-state index >= 15 is 0 Å². The van der Waals surface area contributed by atoms with Gasteiger partial charge in [-0.15, -0.1) is 0 Å². The van der Waals surface area contributed by atoms with Crippen molar-refractivity contribution in [1.82, 2.24) is 0 Å². The zero-order valence-corrected chi connectivity index (χ0v) is 7.12. The van der Waals surface area contributed by atoms with Gasteiger partial charge in [-0.05, 0) is 18.6 Å². The highest BCUT2D eigenvalue weighted by Gasteiger charge is 1.98. The lowest BCUT2D eigenvalue weighted by Crippen LogP contribution is -1.93. The molecule has 0 aliphatic heterocycles. The minimum atomic E-state index is 0.198. The van der Waals surface area contributed by atoms with E-state index in [4.69, 9.17) is 5.11 Å². The van der Waals surface area contributed by atoms with Crippen molar-refractivity contribution in [3.63, 3.8) is 0 Å². The second-order valence-electron chi connectivity index (χ2n) is 1.99. The van der Waals surface area contributed by atoms with Crippen LogP contribution in [0.15, 0.2) is 0 Å². The van der Waals surface area contributed by atoms with Gasteiger partial charge in [-0.2, -0.15) is 0 Å². The van der Waals surface area contributed by atoms with E-state index in [0.717, 1.165) is 18.6 Å². The smallest absolute Gasteiger partial charge is 0.188 e. The maximum atomic E-state index is 10.8. The van der Waals surface area contributed by atoms with E-state index in [2.05, 4.69) is 0 Å². The summed E-state index contributed by atoms with van der Waals surface area (Å²) < 4.78 is 0. The summed E-state index contributed by atoms with van der Waals surface area (Å²) in [5.74, 6) is 0.859. The molecule has 0 amide bonds. The van der Waals surface area contributed by atoms with Crippen molar-refractivity contribution in [1.29, 1.82) is 0 Å². The molecule has 0 aromatic carbocycles. The Bertz CT molecular complexity index is 93.6. The number of hydrogen-bond acceptors (Lipinski definition) is 3. The molecule has 0 heterocycles. The molecule has 3 heteroatoms. The molecule has 0 unspecified atom stereocenters. The molecule has 0 atom stereocenters. The lowest BCUT2D eigenvalue weighted by Gasteiger charge is -1.95. The normalized spacial score (nSPS) is 9.80. The van der Waals surface area contributed by atoms with E-state index in [1.807, 2.05) is 6.92 Å². The molecule has 0 saturated carbocycles. The van der Waals surface area contributed by atoms with Crippen LogP contribution in [0.4, 0.5) is 0 Å². The number of carbonyl (C=O) groups is 1. The summed E-state index contributed by atoms with van der Waals surface area (Å²) in [5.41, 5.74) is 0. The Kier molecular flexibility index (Phi) is 7.08. The fourth-order valence-electron chi connectivity index (χ4n) is 0.614. The van der Waals surface area contributed by atoms with Crippen molar-refractivity contribution in [2.24, 2.45) is 0 Å². The summed E-state index contributed by atoms with van der Waals surface area (Å²) in [7, 11) is 0. The van der Waals surface area contributed by atoms with Gasteiger partial charge in [-0.3, -0.25) is 4.79 Å². The fourth-order valence-corrected chi connectivity index (χ4v) is 1.22. The summed E-state index contributed by atoms with van der Waals surface area (Å²) in [6.45, 7) is 2.17. The van der Waals surface area contributed by atoms with Crippen LogP contribution in [0, 0.1) is 0 Å². The maximum absolute atomic E-state index is 10.8. The van der Waals surface area contributed by atoms with Crippen LogP contribution in [0.5, 0.6) is 0 Å². The highest BCUT2D eigenvalue weighted by molar-refractivity contribution is 8.13. The SMILES string of the molecule is CCSC(=O)CCCCO. The number of rotatable bonds is 5.